The molecular weight excluding hydrogens is 815 g/mol. The fraction of sp³-hybridized carbons (Fsp3) is 0.0476. The molecular formula is C63H45N3O. The van der Waals surface area contributed by atoms with Crippen LogP contribution in [0.25, 0.3) is 55.3 Å². The van der Waals surface area contributed by atoms with Gasteiger partial charge in [-0.15, -0.1) is 0 Å². The van der Waals surface area contributed by atoms with Crippen LogP contribution in [-0.2, 0) is 5.41 Å². The van der Waals surface area contributed by atoms with Crippen molar-refractivity contribution in [2.75, 3.05) is 14.7 Å². The molecule has 0 N–H and O–H groups in total. The van der Waals surface area contributed by atoms with Crippen molar-refractivity contribution in [2.24, 2.45) is 0 Å². The number of hydrogen-bond donors (Lipinski definition) is 0. The van der Waals surface area contributed by atoms with Gasteiger partial charge in [0, 0.05) is 50.2 Å². The fourth-order valence-electron chi connectivity index (χ4n) is 10.7. The lowest BCUT2D eigenvalue weighted by Gasteiger charge is -2.40. The molecule has 1 aromatic heterocycles. The van der Waals surface area contributed by atoms with E-state index < -0.39 is 0 Å². The van der Waals surface area contributed by atoms with E-state index >= 15 is 0 Å². The summed E-state index contributed by atoms with van der Waals surface area (Å²) >= 11 is 0. The summed E-state index contributed by atoms with van der Waals surface area (Å²) in [5.74, 6) is 0. The molecule has 0 fully saturated rings. The molecule has 318 valence electrons. The lowest BCUT2D eigenvalue weighted by Crippen LogP contribution is -2.24. The van der Waals surface area contributed by atoms with Crippen molar-refractivity contribution in [3.63, 3.8) is 0 Å². The van der Waals surface area contributed by atoms with Crippen molar-refractivity contribution in [1.29, 1.82) is 0 Å². The Bertz CT molecular complexity index is 3670. The molecule has 0 bridgehead atoms. The molecule has 67 heavy (non-hydrogen) atoms. The molecule has 10 aromatic carbocycles. The molecule has 0 saturated heterocycles. The molecule has 1 aliphatic heterocycles. The van der Waals surface area contributed by atoms with E-state index in [1.54, 1.807) is 0 Å². The Morgan fingerprint density at radius 3 is 1.60 bits per heavy atom. The number of rotatable bonds is 7. The van der Waals surface area contributed by atoms with Crippen LogP contribution < -0.4 is 14.7 Å². The highest BCUT2D eigenvalue weighted by atomic mass is 16.3. The largest absolute Gasteiger partial charge is 0.455 e. The van der Waals surface area contributed by atoms with E-state index in [1.165, 1.54) is 22.3 Å². The molecule has 2 aliphatic rings. The number of fused-ring (bicyclic) bond motifs is 8. The second-order valence-electron chi connectivity index (χ2n) is 18.1. The highest BCUT2D eigenvalue weighted by Gasteiger charge is 2.36. The summed E-state index contributed by atoms with van der Waals surface area (Å²) in [5.41, 5.74) is 21.5. The first-order chi connectivity index (χ1) is 33.0. The Kier molecular flexibility index (Phi) is 8.84. The van der Waals surface area contributed by atoms with E-state index in [4.69, 9.17) is 4.42 Å². The van der Waals surface area contributed by atoms with Crippen LogP contribution in [0.5, 0.6) is 0 Å². The molecule has 0 saturated carbocycles. The quantitative estimate of drug-likeness (QED) is 0.159. The van der Waals surface area contributed by atoms with Crippen molar-refractivity contribution >= 4 is 73.1 Å². The van der Waals surface area contributed by atoms with E-state index in [9.17, 15) is 0 Å². The first-order valence-electron chi connectivity index (χ1n) is 23.1. The van der Waals surface area contributed by atoms with Crippen LogP contribution in [0.15, 0.2) is 241 Å². The van der Waals surface area contributed by atoms with Gasteiger partial charge in [-0.3, -0.25) is 0 Å². The minimum absolute atomic E-state index is 0.136. The van der Waals surface area contributed by atoms with Crippen molar-refractivity contribution < 1.29 is 4.42 Å². The molecule has 2 heterocycles. The van der Waals surface area contributed by atoms with E-state index in [2.05, 4.69) is 253 Å². The zero-order chi connectivity index (χ0) is 44.6. The third-order valence-corrected chi connectivity index (χ3v) is 14.0. The minimum Gasteiger partial charge on any atom is -0.455 e. The highest BCUT2D eigenvalue weighted by Crippen LogP contribution is 2.55. The van der Waals surface area contributed by atoms with E-state index in [1.807, 2.05) is 12.1 Å². The van der Waals surface area contributed by atoms with E-state index in [0.29, 0.717) is 0 Å². The standard InChI is InChI=1S/C63H45N3O/c1-63(2)55-24-11-9-20-51(55)52-38-37-49(41-56(52)63)64(48-35-30-43(31-36-48)50-22-15-23-54-53-21-10-14-27-61(53)67-62(50)54)47-33-28-42(29-34-47)44-32-39-59-60(40-44)66(46-18-7-4-8-19-46)58-26-13-12-25-57(58)65(59)45-16-5-3-6-17-45/h3-41H,1-2H3. The van der Waals surface area contributed by atoms with Crippen LogP contribution in [0.4, 0.5) is 51.2 Å². The summed E-state index contributed by atoms with van der Waals surface area (Å²) in [5, 5.41) is 2.27. The Labute approximate surface area is 390 Å². The third kappa shape index (κ3) is 6.21. The van der Waals surface area contributed by atoms with Gasteiger partial charge in [0.1, 0.15) is 11.2 Å². The number of para-hydroxylation sites is 6. The molecule has 0 atom stereocenters. The molecule has 0 amide bonds. The van der Waals surface area contributed by atoms with Crippen LogP contribution in [0.1, 0.15) is 25.0 Å². The number of furan rings is 1. The normalized spacial score (nSPS) is 13.3. The zero-order valence-corrected chi connectivity index (χ0v) is 37.3. The van der Waals surface area contributed by atoms with Crippen LogP contribution in [0.2, 0.25) is 0 Å². The van der Waals surface area contributed by atoms with E-state index in [0.717, 1.165) is 95.4 Å². The van der Waals surface area contributed by atoms with Gasteiger partial charge in [0.05, 0.1) is 22.7 Å². The molecule has 11 aromatic rings. The maximum atomic E-state index is 6.48. The molecule has 4 heteroatoms. The van der Waals surface area contributed by atoms with Gasteiger partial charge in [0.2, 0.25) is 0 Å². The smallest absolute Gasteiger partial charge is 0.143 e. The van der Waals surface area contributed by atoms with Crippen LogP contribution in [0, 0.1) is 0 Å². The van der Waals surface area contributed by atoms with E-state index in [-0.39, 0.29) is 5.41 Å². The van der Waals surface area contributed by atoms with Gasteiger partial charge in [-0.2, -0.15) is 0 Å². The topological polar surface area (TPSA) is 22.9 Å². The molecule has 0 unspecified atom stereocenters. The molecule has 0 radical (unpaired) electrons. The van der Waals surface area contributed by atoms with Gasteiger partial charge in [0.25, 0.3) is 0 Å². The Morgan fingerprint density at radius 1 is 0.358 bits per heavy atom. The van der Waals surface area contributed by atoms with Crippen LogP contribution in [0.3, 0.4) is 0 Å². The van der Waals surface area contributed by atoms with Gasteiger partial charge < -0.3 is 19.1 Å². The Balaban J connectivity index is 0.920. The Morgan fingerprint density at radius 2 is 0.881 bits per heavy atom. The average molecular weight is 860 g/mol. The Hall–Kier alpha value is -8.60. The lowest BCUT2D eigenvalue weighted by molar-refractivity contribution is 0.660. The second kappa shape index (κ2) is 15.3. The summed E-state index contributed by atoms with van der Waals surface area (Å²) in [4.78, 5) is 7.18. The summed E-state index contributed by atoms with van der Waals surface area (Å²) in [6.07, 6.45) is 0. The number of benzene rings is 10. The molecule has 1 aliphatic carbocycles. The second-order valence-corrected chi connectivity index (χ2v) is 18.1. The van der Waals surface area contributed by atoms with Gasteiger partial charge >= 0.3 is 0 Å². The minimum atomic E-state index is -0.136. The fourth-order valence-corrected chi connectivity index (χ4v) is 10.7. The summed E-state index contributed by atoms with van der Waals surface area (Å²) in [6, 6.07) is 85.6. The number of hydrogen-bond acceptors (Lipinski definition) is 4. The van der Waals surface area contributed by atoms with Crippen LogP contribution in [-0.4, -0.2) is 0 Å². The predicted molar refractivity (Wildman–Crippen MR) is 280 cm³/mol. The highest BCUT2D eigenvalue weighted by molar-refractivity contribution is 6.09. The monoisotopic (exact) mass is 859 g/mol. The van der Waals surface area contributed by atoms with Crippen molar-refractivity contribution in [1.82, 2.24) is 0 Å². The first-order valence-corrected chi connectivity index (χ1v) is 23.1. The summed E-state index contributed by atoms with van der Waals surface area (Å²) < 4.78 is 6.48. The maximum absolute atomic E-state index is 6.48. The first kappa shape index (κ1) is 38.8. The van der Waals surface area contributed by atoms with Crippen LogP contribution >= 0.6 is 0 Å². The number of nitrogens with zero attached hydrogens (tertiary/aromatic N) is 3. The third-order valence-electron chi connectivity index (χ3n) is 14.0. The molecule has 13 rings (SSSR count). The van der Waals surface area contributed by atoms with Crippen molar-refractivity contribution in [2.45, 2.75) is 19.3 Å². The predicted octanol–water partition coefficient (Wildman–Crippen LogP) is 17.9. The summed E-state index contributed by atoms with van der Waals surface area (Å²) in [6.45, 7) is 4.70. The van der Waals surface area contributed by atoms with Crippen molar-refractivity contribution in [3.05, 3.63) is 248 Å². The van der Waals surface area contributed by atoms with Gasteiger partial charge in [-0.1, -0.05) is 159 Å². The zero-order valence-electron chi connectivity index (χ0n) is 37.3. The lowest BCUT2D eigenvalue weighted by atomic mass is 9.82. The summed E-state index contributed by atoms with van der Waals surface area (Å²) in [7, 11) is 0. The average Bonchev–Trinajstić information content (AvgIpc) is 3.88. The van der Waals surface area contributed by atoms with Gasteiger partial charge in [0.15, 0.2) is 0 Å². The maximum Gasteiger partial charge on any atom is 0.143 e. The number of anilines is 9. The molecule has 0 spiro atoms. The molecule has 4 nitrogen and oxygen atoms in total. The van der Waals surface area contributed by atoms with Crippen molar-refractivity contribution in [3.8, 4) is 33.4 Å². The van der Waals surface area contributed by atoms with Gasteiger partial charge in [-0.05, 0) is 130 Å². The van der Waals surface area contributed by atoms with Gasteiger partial charge in [-0.25, -0.2) is 0 Å². The SMILES string of the molecule is CC1(C)c2ccccc2-c2ccc(N(c3ccc(-c4ccc5c(c4)N(c4ccccc4)c4ccccc4N5c4ccccc4)cc3)c3ccc(-c4cccc5c4oc4ccccc45)cc3)cc21.